The first-order valence-corrected chi connectivity index (χ1v) is 17.3. The Kier molecular flexibility index (Phi) is 16.7. The SMILES string of the molecule is COCOc1c(CC=C(C)C)c(O)cc(OC)c1C(=O)/C=C/c1ccc(F)c(F)c1.COc1cc(O)c(CC=C(C)C)c(O)c1C(=O)/C=C/c1ccc(F)c(F)c1. The molecule has 0 saturated heterocycles. The molecule has 9 nitrogen and oxygen atoms in total. The largest absolute Gasteiger partial charge is 0.507 e. The molecular weight excluding hydrogens is 748 g/mol. The molecule has 0 aliphatic heterocycles. The molecule has 3 N–H and O–H groups in total. The van der Waals surface area contributed by atoms with E-state index >= 15 is 0 Å². The maximum absolute atomic E-state index is 13.4. The van der Waals surface area contributed by atoms with E-state index < -0.39 is 34.8 Å². The van der Waals surface area contributed by atoms with Crippen LogP contribution in [0.2, 0.25) is 0 Å². The summed E-state index contributed by atoms with van der Waals surface area (Å²) in [6.07, 6.45) is 9.21. The summed E-state index contributed by atoms with van der Waals surface area (Å²) >= 11 is 0. The molecule has 57 heavy (non-hydrogen) atoms. The van der Waals surface area contributed by atoms with Gasteiger partial charge in [-0.25, -0.2) is 17.6 Å². The van der Waals surface area contributed by atoms with Gasteiger partial charge in [0.1, 0.15) is 45.6 Å². The first-order chi connectivity index (χ1) is 27.0. The molecule has 0 aliphatic rings. The maximum atomic E-state index is 13.4. The van der Waals surface area contributed by atoms with E-state index in [4.69, 9.17) is 18.9 Å². The van der Waals surface area contributed by atoms with E-state index in [9.17, 15) is 42.5 Å². The molecule has 4 aromatic carbocycles. The Bertz CT molecular complexity index is 2210. The van der Waals surface area contributed by atoms with E-state index in [0.717, 1.165) is 41.5 Å². The van der Waals surface area contributed by atoms with Crippen LogP contribution >= 0.6 is 0 Å². The summed E-state index contributed by atoms with van der Waals surface area (Å²) in [5.74, 6) is -5.52. The minimum absolute atomic E-state index is 0.00545. The van der Waals surface area contributed by atoms with E-state index in [0.29, 0.717) is 17.5 Å². The number of ether oxygens (including phenoxy) is 4. The molecule has 0 unspecified atom stereocenters. The number of carbonyl (C=O) groups is 2. The second-order valence-electron chi connectivity index (χ2n) is 12.8. The highest BCUT2D eigenvalue weighted by atomic mass is 19.2. The van der Waals surface area contributed by atoms with Gasteiger partial charge in [0.2, 0.25) is 0 Å². The molecule has 0 heterocycles. The van der Waals surface area contributed by atoms with Crippen molar-refractivity contribution in [3.05, 3.63) is 141 Å². The fourth-order valence-corrected chi connectivity index (χ4v) is 5.16. The molecule has 0 aromatic heterocycles. The summed E-state index contributed by atoms with van der Waals surface area (Å²) < 4.78 is 73.7. The number of allylic oxidation sites excluding steroid dienone is 6. The highest BCUT2D eigenvalue weighted by molar-refractivity contribution is 6.11. The lowest BCUT2D eigenvalue weighted by Crippen LogP contribution is -2.09. The zero-order valence-corrected chi connectivity index (χ0v) is 32.5. The first kappa shape index (κ1) is 45.1. The highest BCUT2D eigenvalue weighted by Crippen LogP contribution is 2.41. The fourth-order valence-electron chi connectivity index (χ4n) is 5.16. The van der Waals surface area contributed by atoms with E-state index in [1.165, 1.54) is 63.8 Å². The van der Waals surface area contributed by atoms with Crippen molar-refractivity contribution >= 4 is 23.7 Å². The Morgan fingerprint density at radius 2 is 1.05 bits per heavy atom. The average Bonchev–Trinajstić information content (AvgIpc) is 3.16. The summed E-state index contributed by atoms with van der Waals surface area (Å²) in [5, 5.41) is 31.1. The van der Waals surface area contributed by atoms with Gasteiger partial charge in [0.05, 0.1) is 14.2 Å². The van der Waals surface area contributed by atoms with E-state index in [1.807, 2.05) is 33.8 Å². The first-order valence-electron chi connectivity index (χ1n) is 17.3. The van der Waals surface area contributed by atoms with Crippen LogP contribution in [0.4, 0.5) is 17.6 Å². The van der Waals surface area contributed by atoms with E-state index in [1.54, 1.807) is 6.08 Å². The molecule has 13 heteroatoms. The lowest BCUT2D eigenvalue weighted by Gasteiger charge is -2.18. The Hall–Kier alpha value is -6.34. The molecular formula is C44H44F4O9. The van der Waals surface area contributed by atoms with Gasteiger partial charge in [-0.05, 0) is 88.1 Å². The molecule has 0 bridgehead atoms. The zero-order valence-electron chi connectivity index (χ0n) is 32.5. The number of phenolic OH excluding ortho intramolecular Hbond substituents is 3. The van der Waals surface area contributed by atoms with E-state index in [2.05, 4.69) is 0 Å². The number of halogens is 4. The zero-order chi connectivity index (χ0) is 42.4. The van der Waals surface area contributed by atoms with Crippen molar-refractivity contribution in [2.75, 3.05) is 28.1 Å². The number of rotatable bonds is 15. The van der Waals surface area contributed by atoms with Crippen molar-refractivity contribution in [1.29, 1.82) is 0 Å². The van der Waals surface area contributed by atoms with Crippen molar-refractivity contribution in [1.82, 2.24) is 0 Å². The van der Waals surface area contributed by atoms with Crippen LogP contribution in [-0.2, 0) is 17.6 Å². The molecule has 0 aliphatic carbocycles. The number of phenols is 3. The summed E-state index contributed by atoms with van der Waals surface area (Å²) in [7, 11) is 4.10. The Morgan fingerprint density at radius 3 is 1.49 bits per heavy atom. The summed E-state index contributed by atoms with van der Waals surface area (Å²) in [5.41, 5.74) is 3.16. The number of hydrogen-bond donors (Lipinski definition) is 3. The van der Waals surface area contributed by atoms with Crippen molar-refractivity contribution in [2.45, 2.75) is 40.5 Å². The normalized spacial score (nSPS) is 10.9. The van der Waals surface area contributed by atoms with Gasteiger partial charge < -0.3 is 34.3 Å². The molecule has 0 fully saturated rings. The minimum Gasteiger partial charge on any atom is -0.507 e. The number of hydrogen-bond acceptors (Lipinski definition) is 9. The Balaban J connectivity index is 0.000000307. The van der Waals surface area contributed by atoms with Gasteiger partial charge in [-0.15, -0.1) is 0 Å². The lowest BCUT2D eigenvalue weighted by molar-refractivity contribution is 0.0494. The van der Waals surface area contributed by atoms with Crippen LogP contribution in [0.3, 0.4) is 0 Å². The fraction of sp³-hybridized carbons (Fsp3) is 0.227. The number of carbonyl (C=O) groups excluding carboxylic acids is 2. The molecule has 0 amide bonds. The topological polar surface area (TPSA) is 132 Å². The van der Waals surface area contributed by atoms with Gasteiger partial charge in [-0.2, -0.15) is 0 Å². The van der Waals surface area contributed by atoms with Gasteiger partial charge in [0, 0.05) is 30.4 Å². The highest BCUT2D eigenvalue weighted by Gasteiger charge is 2.24. The third-order valence-corrected chi connectivity index (χ3v) is 8.09. The van der Waals surface area contributed by atoms with Crippen LogP contribution in [0.5, 0.6) is 34.5 Å². The number of ketones is 2. The monoisotopic (exact) mass is 792 g/mol. The lowest BCUT2D eigenvalue weighted by atomic mass is 9.99. The van der Waals surface area contributed by atoms with Crippen LogP contribution in [0.1, 0.15) is 70.7 Å². The predicted molar refractivity (Wildman–Crippen MR) is 209 cm³/mol. The van der Waals surface area contributed by atoms with Crippen LogP contribution in [0.15, 0.2) is 84.0 Å². The van der Waals surface area contributed by atoms with Gasteiger partial charge >= 0.3 is 0 Å². The number of methoxy groups -OCH3 is 3. The summed E-state index contributed by atoms with van der Waals surface area (Å²) in [6.45, 7) is 7.41. The van der Waals surface area contributed by atoms with Crippen molar-refractivity contribution < 1.29 is 61.4 Å². The van der Waals surface area contributed by atoms with Gasteiger partial charge in [0.15, 0.2) is 41.6 Å². The van der Waals surface area contributed by atoms with Crippen molar-refractivity contribution in [2.24, 2.45) is 0 Å². The molecule has 0 saturated carbocycles. The van der Waals surface area contributed by atoms with Crippen LogP contribution in [0, 0.1) is 23.3 Å². The molecule has 0 radical (unpaired) electrons. The number of benzene rings is 4. The summed E-state index contributed by atoms with van der Waals surface area (Å²) in [4.78, 5) is 25.6. The standard InChI is InChI=1S/C23H24F2O5.C21H20F2O4/c1-14(2)5-8-16-20(27)12-21(29-4)22(23(16)30-13-28-3)19(26)10-7-15-6-9-17(24)18(25)11-15;1-12(2)4-7-14-18(25)11-19(27-3)20(21(14)26)17(24)9-6-13-5-8-15(22)16(23)10-13/h5-7,9-12,27H,8,13H2,1-4H3;4-6,8-11,25-26H,7H2,1-3H3/b10-7+;9-6+. The Labute approximate surface area is 328 Å². The molecule has 302 valence electrons. The minimum atomic E-state index is -1.03. The quantitative estimate of drug-likeness (QED) is 0.0354. The van der Waals surface area contributed by atoms with E-state index in [-0.39, 0.29) is 70.0 Å². The smallest absolute Gasteiger partial charge is 0.193 e. The van der Waals surface area contributed by atoms with Gasteiger partial charge in [-0.1, -0.05) is 47.6 Å². The Morgan fingerprint density at radius 1 is 0.614 bits per heavy atom. The molecule has 4 rings (SSSR count). The van der Waals surface area contributed by atoms with Crippen LogP contribution in [-0.4, -0.2) is 55.0 Å². The van der Waals surface area contributed by atoms with Crippen LogP contribution in [0.25, 0.3) is 12.2 Å². The summed E-state index contributed by atoms with van der Waals surface area (Å²) in [6, 6.07) is 9.12. The van der Waals surface area contributed by atoms with Crippen molar-refractivity contribution in [3.63, 3.8) is 0 Å². The van der Waals surface area contributed by atoms with Gasteiger partial charge in [0.25, 0.3) is 0 Å². The van der Waals surface area contributed by atoms with Crippen LogP contribution < -0.4 is 14.2 Å². The third-order valence-electron chi connectivity index (χ3n) is 8.09. The third kappa shape index (κ3) is 12.3. The second kappa shape index (κ2) is 21.1. The molecule has 0 atom stereocenters. The number of aromatic hydroxyl groups is 3. The van der Waals surface area contributed by atoms with Gasteiger partial charge in [-0.3, -0.25) is 9.59 Å². The predicted octanol–water partition coefficient (Wildman–Crippen LogP) is 9.86. The average molecular weight is 793 g/mol. The maximum Gasteiger partial charge on any atom is 0.193 e. The molecule has 0 spiro atoms. The molecule has 4 aromatic rings. The van der Waals surface area contributed by atoms with Crippen molar-refractivity contribution in [3.8, 4) is 34.5 Å². The second-order valence-corrected chi connectivity index (χ2v) is 12.8.